The third-order valence-electron chi connectivity index (χ3n) is 5.29. The van der Waals surface area contributed by atoms with Gasteiger partial charge in [0, 0.05) is 58.4 Å². The second-order valence-corrected chi connectivity index (χ2v) is 6.83. The van der Waals surface area contributed by atoms with Gasteiger partial charge in [-0.05, 0) is 37.4 Å². The molecule has 148 valence electrons. The van der Waals surface area contributed by atoms with Crippen LogP contribution in [-0.4, -0.2) is 73.0 Å². The van der Waals surface area contributed by atoms with Crippen molar-refractivity contribution in [2.45, 2.75) is 19.3 Å². The van der Waals surface area contributed by atoms with Gasteiger partial charge in [-0.2, -0.15) is 0 Å². The van der Waals surface area contributed by atoms with Crippen molar-refractivity contribution in [3.05, 3.63) is 24.4 Å². The maximum atomic E-state index is 12.4. The van der Waals surface area contributed by atoms with Crippen molar-refractivity contribution in [3.8, 4) is 0 Å². The number of amides is 1. The lowest BCUT2D eigenvalue weighted by atomic mass is 9.97. The quantitative estimate of drug-likeness (QED) is 0.808. The number of rotatable bonds is 5. The Morgan fingerprint density at radius 1 is 1.08 bits per heavy atom. The molecule has 8 heteroatoms. The predicted molar refractivity (Wildman–Crippen MR) is 110 cm³/mol. The number of piperidine rings is 1. The normalized spacial score (nSPS) is 18.8. The number of aromatic nitrogens is 1. The summed E-state index contributed by atoms with van der Waals surface area (Å²) in [6, 6.07) is 6.03. The first-order valence-corrected chi connectivity index (χ1v) is 9.12. The molecule has 26 heavy (non-hydrogen) atoms. The summed E-state index contributed by atoms with van der Waals surface area (Å²) >= 11 is 0. The minimum Gasteiger partial charge on any atom is -0.354 e. The Morgan fingerprint density at radius 2 is 1.77 bits per heavy atom. The zero-order valence-corrected chi connectivity index (χ0v) is 16.9. The van der Waals surface area contributed by atoms with Crippen molar-refractivity contribution >= 4 is 36.5 Å². The molecule has 0 unspecified atom stereocenters. The SMILES string of the molecule is Cl.Cl.NCC1CCN(C(=O)CCN2CCN(c3ccccn3)CC2)CC1. The van der Waals surface area contributed by atoms with Gasteiger partial charge in [0.1, 0.15) is 5.82 Å². The van der Waals surface area contributed by atoms with Crippen LogP contribution >= 0.6 is 24.8 Å². The van der Waals surface area contributed by atoms with Crippen LogP contribution in [-0.2, 0) is 4.79 Å². The number of hydrogen-bond acceptors (Lipinski definition) is 5. The van der Waals surface area contributed by atoms with Crippen LogP contribution in [0.1, 0.15) is 19.3 Å². The van der Waals surface area contributed by atoms with Gasteiger partial charge in [0.15, 0.2) is 0 Å². The third-order valence-corrected chi connectivity index (χ3v) is 5.29. The molecule has 3 rings (SSSR count). The molecule has 3 heterocycles. The maximum Gasteiger partial charge on any atom is 0.223 e. The fraction of sp³-hybridized carbons (Fsp3) is 0.667. The van der Waals surface area contributed by atoms with Crippen LogP contribution in [0.5, 0.6) is 0 Å². The van der Waals surface area contributed by atoms with Crippen molar-refractivity contribution in [1.82, 2.24) is 14.8 Å². The minimum atomic E-state index is 0. The lowest BCUT2D eigenvalue weighted by Crippen LogP contribution is -2.48. The predicted octanol–water partition coefficient (Wildman–Crippen LogP) is 1.63. The topological polar surface area (TPSA) is 65.7 Å². The monoisotopic (exact) mass is 403 g/mol. The minimum absolute atomic E-state index is 0. The number of likely N-dealkylation sites (tertiary alicyclic amines) is 1. The van der Waals surface area contributed by atoms with E-state index in [0.29, 0.717) is 18.2 Å². The van der Waals surface area contributed by atoms with E-state index >= 15 is 0 Å². The van der Waals surface area contributed by atoms with Crippen LogP contribution in [0.2, 0.25) is 0 Å². The van der Waals surface area contributed by atoms with Gasteiger partial charge in [-0.15, -0.1) is 24.8 Å². The summed E-state index contributed by atoms with van der Waals surface area (Å²) < 4.78 is 0. The van der Waals surface area contributed by atoms with E-state index in [1.807, 2.05) is 23.2 Å². The number of anilines is 1. The van der Waals surface area contributed by atoms with Crippen molar-refractivity contribution < 1.29 is 4.79 Å². The average Bonchev–Trinajstić information content (AvgIpc) is 2.67. The maximum absolute atomic E-state index is 12.4. The number of carbonyl (C=O) groups excluding carboxylic acids is 1. The molecule has 1 amide bonds. The first kappa shape index (κ1) is 23.0. The molecule has 2 fully saturated rings. The van der Waals surface area contributed by atoms with Gasteiger partial charge in [-0.1, -0.05) is 6.07 Å². The molecule has 2 aliphatic heterocycles. The third kappa shape index (κ3) is 6.27. The van der Waals surface area contributed by atoms with Crippen molar-refractivity contribution in [2.24, 2.45) is 11.7 Å². The summed E-state index contributed by atoms with van der Waals surface area (Å²) in [4.78, 5) is 23.5. The van der Waals surface area contributed by atoms with Crippen LogP contribution in [0.25, 0.3) is 0 Å². The Balaban J connectivity index is 0.00000169. The molecule has 0 aliphatic carbocycles. The molecule has 6 nitrogen and oxygen atoms in total. The van der Waals surface area contributed by atoms with Crippen LogP contribution in [0.3, 0.4) is 0 Å². The van der Waals surface area contributed by atoms with E-state index in [0.717, 1.165) is 71.0 Å². The molecule has 0 radical (unpaired) electrons. The molecular weight excluding hydrogens is 373 g/mol. The lowest BCUT2D eigenvalue weighted by Gasteiger charge is -2.36. The smallest absolute Gasteiger partial charge is 0.223 e. The van der Waals surface area contributed by atoms with Crippen LogP contribution in [0.4, 0.5) is 5.82 Å². The Labute approximate surface area is 168 Å². The van der Waals surface area contributed by atoms with Gasteiger partial charge >= 0.3 is 0 Å². The average molecular weight is 404 g/mol. The zero-order valence-electron chi connectivity index (χ0n) is 15.3. The lowest BCUT2D eigenvalue weighted by molar-refractivity contribution is -0.132. The molecule has 1 aromatic rings. The number of halogens is 2. The molecule has 0 bridgehead atoms. The first-order valence-electron chi connectivity index (χ1n) is 9.12. The van der Waals surface area contributed by atoms with Crippen molar-refractivity contribution in [2.75, 3.05) is 57.3 Å². The molecule has 0 atom stereocenters. The summed E-state index contributed by atoms with van der Waals surface area (Å²) in [6.07, 6.45) is 4.60. The Morgan fingerprint density at radius 3 is 2.35 bits per heavy atom. The Hall–Kier alpha value is -1.08. The number of nitrogens with two attached hydrogens (primary N) is 1. The van der Waals surface area contributed by atoms with E-state index in [2.05, 4.69) is 20.9 Å². The summed E-state index contributed by atoms with van der Waals surface area (Å²) in [5.41, 5.74) is 5.72. The Kier molecular flexibility index (Phi) is 10.2. The molecule has 0 aromatic carbocycles. The van der Waals surface area contributed by atoms with E-state index in [-0.39, 0.29) is 24.8 Å². The van der Waals surface area contributed by atoms with Gasteiger partial charge in [0.05, 0.1) is 0 Å². The molecule has 2 aliphatic rings. The standard InChI is InChI=1S/C18H29N5O.2ClH/c19-15-16-4-9-23(10-5-16)18(24)6-8-21-11-13-22(14-12-21)17-3-1-2-7-20-17;;/h1-3,7,16H,4-6,8-15,19H2;2*1H. The largest absolute Gasteiger partial charge is 0.354 e. The molecule has 2 N–H and O–H groups in total. The van der Waals surface area contributed by atoms with Gasteiger partial charge in [0.25, 0.3) is 0 Å². The summed E-state index contributed by atoms with van der Waals surface area (Å²) in [7, 11) is 0. The highest BCUT2D eigenvalue weighted by molar-refractivity contribution is 5.85. The number of pyridine rings is 1. The fourth-order valence-corrected chi connectivity index (χ4v) is 3.57. The highest BCUT2D eigenvalue weighted by Crippen LogP contribution is 2.17. The van der Waals surface area contributed by atoms with E-state index in [4.69, 9.17) is 5.73 Å². The molecule has 2 saturated heterocycles. The summed E-state index contributed by atoms with van der Waals surface area (Å²) in [6.45, 7) is 7.34. The highest BCUT2D eigenvalue weighted by atomic mass is 35.5. The number of hydrogen-bond donors (Lipinski definition) is 1. The van der Waals surface area contributed by atoms with E-state index in [1.54, 1.807) is 0 Å². The fourth-order valence-electron chi connectivity index (χ4n) is 3.57. The molecule has 0 saturated carbocycles. The summed E-state index contributed by atoms with van der Waals surface area (Å²) in [5.74, 6) is 1.96. The van der Waals surface area contributed by atoms with E-state index in [9.17, 15) is 4.79 Å². The number of carbonyl (C=O) groups is 1. The van der Waals surface area contributed by atoms with Gasteiger partial charge in [-0.3, -0.25) is 9.69 Å². The van der Waals surface area contributed by atoms with Crippen LogP contribution < -0.4 is 10.6 Å². The zero-order chi connectivity index (χ0) is 16.8. The first-order chi connectivity index (χ1) is 11.8. The van der Waals surface area contributed by atoms with Crippen molar-refractivity contribution in [1.29, 1.82) is 0 Å². The Bertz CT molecular complexity index is 518. The number of nitrogens with zero attached hydrogens (tertiary/aromatic N) is 4. The van der Waals surface area contributed by atoms with Gasteiger partial charge in [-0.25, -0.2) is 4.98 Å². The van der Waals surface area contributed by atoms with Crippen LogP contribution in [0, 0.1) is 5.92 Å². The van der Waals surface area contributed by atoms with Crippen LogP contribution in [0.15, 0.2) is 24.4 Å². The van der Waals surface area contributed by atoms with Gasteiger partial charge < -0.3 is 15.5 Å². The van der Waals surface area contributed by atoms with Crippen molar-refractivity contribution in [3.63, 3.8) is 0 Å². The summed E-state index contributed by atoms with van der Waals surface area (Å²) in [5, 5.41) is 0. The second-order valence-electron chi connectivity index (χ2n) is 6.83. The number of piperazine rings is 1. The van der Waals surface area contributed by atoms with E-state index < -0.39 is 0 Å². The van der Waals surface area contributed by atoms with Gasteiger partial charge in [0.2, 0.25) is 5.91 Å². The molecule has 1 aromatic heterocycles. The highest BCUT2D eigenvalue weighted by Gasteiger charge is 2.23. The molecule has 0 spiro atoms. The second kappa shape index (κ2) is 11.6. The van der Waals surface area contributed by atoms with E-state index in [1.165, 1.54) is 0 Å². The molecular formula is C18H31Cl2N5O.